The summed E-state index contributed by atoms with van der Waals surface area (Å²) in [5.41, 5.74) is 2.24. The number of amidine groups is 1. The van der Waals surface area contributed by atoms with E-state index in [1.54, 1.807) is 37.4 Å². The molecular weight excluding hydrogens is 580 g/mol. The van der Waals surface area contributed by atoms with Crippen LogP contribution in [-0.2, 0) is 32.4 Å². The summed E-state index contributed by atoms with van der Waals surface area (Å²) in [7, 11) is -2.14. The van der Waals surface area contributed by atoms with Gasteiger partial charge in [0, 0.05) is 63.3 Å². The Morgan fingerprint density at radius 3 is 2.29 bits per heavy atom. The average molecular weight is 615 g/mol. The minimum Gasteiger partial charge on any atom is -0.383 e. The van der Waals surface area contributed by atoms with Crippen LogP contribution >= 0.6 is 0 Å². The summed E-state index contributed by atoms with van der Waals surface area (Å²) in [6, 6.07) is 18.4. The van der Waals surface area contributed by atoms with E-state index in [0.29, 0.717) is 34.9 Å². The molecule has 1 aliphatic heterocycles. The van der Waals surface area contributed by atoms with Crippen molar-refractivity contribution in [2.45, 2.75) is 16.3 Å². The number of carbonyl (C=O) groups is 1. The van der Waals surface area contributed by atoms with E-state index in [4.69, 9.17) is 14.7 Å². The van der Waals surface area contributed by atoms with Crippen molar-refractivity contribution in [3.8, 4) is 0 Å². The Morgan fingerprint density at radius 2 is 1.64 bits per heavy atom. The number of anilines is 2. The maximum Gasteiger partial charge on any atom is 0.323 e. The molecule has 4 rings (SSSR count). The molecule has 1 unspecified atom stereocenters. The van der Waals surface area contributed by atoms with Crippen molar-refractivity contribution in [3.05, 3.63) is 83.9 Å². The topological polar surface area (TPSA) is 164 Å². The van der Waals surface area contributed by atoms with Crippen molar-refractivity contribution in [1.29, 1.82) is 5.41 Å². The molecule has 0 aromatic heterocycles. The van der Waals surface area contributed by atoms with Crippen LogP contribution < -0.4 is 15.4 Å². The molecule has 0 saturated carbocycles. The predicted molar refractivity (Wildman–Crippen MR) is 162 cm³/mol. The molecule has 0 spiro atoms. The molecule has 42 heavy (non-hydrogen) atoms. The van der Waals surface area contributed by atoms with Crippen LogP contribution in [0, 0.1) is 5.41 Å². The van der Waals surface area contributed by atoms with Crippen LogP contribution in [0.4, 0.5) is 16.2 Å². The first-order valence-corrected chi connectivity index (χ1v) is 15.8. The standard InChI is InChI=1S/C28H34N6O6S2/c1-40-18-17-33-13-15-34(16-14-33)27(29)22-3-2-4-24(19-22)32-28(35)31-23-7-11-26(12-8-23)42(38,39)30-20-21-5-9-25(10-6-21)41(36)37/h2-12,19,29-30H,13-18,20H2,1H3,(H,36,37)(H2,31,32,35). The van der Waals surface area contributed by atoms with Gasteiger partial charge in [0.05, 0.1) is 16.4 Å². The lowest BCUT2D eigenvalue weighted by Crippen LogP contribution is -2.49. The number of amides is 2. The molecule has 1 aliphatic rings. The number of ether oxygens (including phenoxy) is 1. The van der Waals surface area contributed by atoms with E-state index < -0.39 is 27.1 Å². The second kappa shape index (κ2) is 14.5. The van der Waals surface area contributed by atoms with Crippen molar-refractivity contribution in [2.75, 3.05) is 57.1 Å². The van der Waals surface area contributed by atoms with Gasteiger partial charge in [-0.1, -0.05) is 24.3 Å². The molecule has 5 N–H and O–H groups in total. The molecule has 14 heteroatoms. The van der Waals surface area contributed by atoms with Crippen LogP contribution in [0.5, 0.6) is 0 Å². The predicted octanol–water partition coefficient (Wildman–Crippen LogP) is 2.98. The van der Waals surface area contributed by atoms with E-state index in [-0.39, 0.29) is 16.3 Å². The van der Waals surface area contributed by atoms with Crippen molar-refractivity contribution >= 4 is 44.3 Å². The summed E-state index contributed by atoms with van der Waals surface area (Å²) in [5, 5.41) is 14.1. The lowest BCUT2D eigenvalue weighted by atomic mass is 10.1. The average Bonchev–Trinajstić information content (AvgIpc) is 2.99. The Kier molecular flexibility index (Phi) is 10.8. The molecular formula is C28H34N6O6S2. The Bertz CT molecular complexity index is 1510. The molecule has 0 bridgehead atoms. The molecule has 3 aromatic rings. The molecule has 12 nitrogen and oxygen atoms in total. The van der Waals surface area contributed by atoms with Crippen molar-refractivity contribution < 1.29 is 26.7 Å². The maximum atomic E-state index is 12.7. The Labute approximate surface area is 247 Å². The van der Waals surface area contributed by atoms with Gasteiger partial charge in [-0.2, -0.15) is 0 Å². The minimum atomic E-state index is -3.83. The summed E-state index contributed by atoms with van der Waals surface area (Å²) < 4.78 is 53.2. The minimum absolute atomic E-state index is 0.00417. The Balaban J connectivity index is 1.28. The van der Waals surface area contributed by atoms with Gasteiger partial charge in [-0.15, -0.1) is 0 Å². The summed E-state index contributed by atoms with van der Waals surface area (Å²) in [4.78, 5) is 17.2. The lowest BCUT2D eigenvalue weighted by Gasteiger charge is -2.36. The number of carbonyl (C=O) groups excluding carboxylic acids is 1. The smallest absolute Gasteiger partial charge is 0.323 e. The van der Waals surface area contributed by atoms with E-state index in [1.807, 2.05) is 11.0 Å². The summed E-state index contributed by atoms with van der Waals surface area (Å²) in [6.07, 6.45) is 0. The number of nitrogens with one attached hydrogen (secondary N) is 4. The van der Waals surface area contributed by atoms with E-state index in [2.05, 4.69) is 20.3 Å². The Morgan fingerprint density at radius 1 is 0.976 bits per heavy atom. The first-order valence-electron chi connectivity index (χ1n) is 13.2. The van der Waals surface area contributed by atoms with Crippen molar-refractivity contribution in [1.82, 2.24) is 14.5 Å². The lowest BCUT2D eigenvalue weighted by molar-refractivity contribution is 0.120. The van der Waals surface area contributed by atoms with Gasteiger partial charge in [0.2, 0.25) is 10.0 Å². The highest BCUT2D eigenvalue weighted by molar-refractivity contribution is 7.89. The van der Waals surface area contributed by atoms with Gasteiger partial charge in [0.15, 0.2) is 11.1 Å². The molecule has 1 fully saturated rings. The van der Waals surface area contributed by atoms with E-state index in [9.17, 15) is 17.4 Å². The van der Waals surface area contributed by atoms with E-state index in [0.717, 1.165) is 32.7 Å². The number of methoxy groups -OCH3 is 1. The number of hydrogen-bond acceptors (Lipinski definition) is 7. The monoisotopic (exact) mass is 614 g/mol. The third-order valence-corrected chi connectivity index (χ3v) is 8.80. The highest BCUT2D eigenvalue weighted by Gasteiger charge is 2.20. The van der Waals surface area contributed by atoms with Crippen LogP contribution in [0.15, 0.2) is 82.6 Å². The van der Waals surface area contributed by atoms with Crippen LogP contribution in [0.3, 0.4) is 0 Å². The second-order valence-corrected chi connectivity index (χ2v) is 12.3. The maximum absolute atomic E-state index is 12.7. The molecule has 1 heterocycles. The summed E-state index contributed by atoms with van der Waals surface area (Å²) in [6.45, 7) is 4.74. The second-order valence-electron chi connectivity index (χ2n) is 9.57. The first-order chi connectivity index (χ1) is 20.1. The molecule has 3 aromatic carbocycles. The van der Waals surface area contributed by atoms with Gasteiger partial charge in [0.25, 0.3) is 0 Å². The fraction of sp³-hybridized carbons (Fsp3) is 0.286. The SMILES string of the molecule is COCCN1CCN(C(=N)c2cccc(NC(=O)Nc3ccc(S(=O)(=O)NCc4ccc(S(=O)O)cc4)cc3)c2)CC1. The van der Waals surface area contributed by atoms with Crippen LogP contribution in [0.25, 0.3) is 0 Å². The van der Waals surface area contributed by atoms with E-state index >= 15 is 0 Å². The number of hydrogen-bond donors (Lipinski definition) is 5. The fourth-order valence-corrected chi connectivity index (χ4v) is 5.73. The zero-order valence-corrected chi connectivity index (χ0v) is 24.7. The number of urea groups is 1. The van der Waals surface area contributed by atoms with Crippen molar-refractivity contribution in [2.24, 2.45) is 0 Å². The highest BCUT2D eigenvalue weighted by atomic mass is 32.2. The zero-order chi connectivity index (χ0) is 30.1. The first kappa shape index (κ1) is 31.3. The van der Waals surface area contributed by atoms with Gasteiger partial charge < -0.3 is 24.8 Å². The molecule has 1 saturated heterocycles. The van der Waals surface area contributed by atoms with Crippen LogP contribution in [0.1, 0.15) is 11.1 Å². The van der Waals surface area contributed by atoms with Gasteiger partial charge in [-0.25, -0.2) is 22.1 Å². The highest BCUT2D eigenvalue weighted by Crippen LogP contribution is 2.17. The molecule has 224 valence electrons. The van der Waals surface area contributed by atoms with Gasteiger partial charge in [-0.05, 0) is 54.1 Å². The fourth-order valence-electron chi connectivity index (χ4n) is 4.34. The van der Waals surface area contributed by atoms with Crippen LogP contribution in [0.2, 0.25) is 0 Å². The van der Waals surface area contributed by atoms with Gasteiger partial charge in [-0.3, -0.25) is 10.3 Å². The molecule has 2 amide bonds. The molecule has 1 atom stereocenters. The molecule has 0 aliphatic carbocycles. The number of benzene rings is 3. The number of rotatable bonds is 11. The quantitative estimate of drug-likeness (QED) is 0.125. The van der Waals surface area contributed by atoms with Crippen molar-refractivity contribution in [3.63, 3.8) is 0 Å². The number of nitrogens with zero attached hydrogens (tertiary/aromatic N) is 2. The number of sulfonamides is 1. The third-order valence-electron chi connectivity index (χ3n) is 6.71. The number of piperazine rings is 1. The van der Waals surface area contributed by atoms with Gasteiger partial charge >= 0.3 is 6.03 Å². The molecule has 0 radical (unpaired) electrons. The van der Waals surface area contributed by atoms with E-state index in [1.165, 1.54) is 36.4 Å². The summed E-state index contributed by atoms with van der Waals surface area (Å²) >= 11 is -2.10. The normalized spacial score (nSPS) is 14.8. The largest absolute Gasteiger partial charge is 0.383 e. The Hall–Kier alpha value is -3.66. The summed E-state index contributed by atoms with van der Waals surface area (Å²) in [5.74, 6) is 0.398. The third kappa shape index (κ3) is 8.67. The zero-order valence-electron chi connectivity index (χ0n) is 23.1. The van der Waals surface area contributed by atoms with Gasteiger partial charge in [0.1, 0.15) is 5.84 Å². The van der Waals surface area contributed by atoms with Crippen LogP contribution in [-0.4, -0.2) is 85.3 Å².